The number of likely N-dealkylation sites (tertiary alicyclic amines) is 1. The van der Waals surface area contributed by atoms with Gasteiger partial charge in [0.1, 0.15) is 0 Å². The van der Waals surface area contributed by atoms with Crippen molar-refractivity contribution in [3.8, 4) is 28.7 Å². The average Bonchev–Trinajstić information content (AvgIpc) is 3.56. The molecule has 1 saturated heterocycles. The molecule has 3 heterocycles. The quantitative estimate of drug-likeness (QED) is 0.365. The predicted molar refractivity (Wildman–Crippen MR) is 130 cm³/mol. The Labute approximate surface area is 206 Å². The molecule has 1 amide bonds. The van der Waals surface area contributed by atoms with E-state index in [9.17, 15) is 19.8 Å². The van der Waals surface area contributed by atoms with Gasteiger partial charge >= 0.3 is 5.97 Å². The number of benzene rings is 2. The van der Waals surface area contributed by atoms with Crippen LogP contribution in [0.25, 0.3) is 27.7 Å². The molecule has 1 fully saturated rings. The number of carboxylic acids is 1. The minimum Gasteiger partial charge on any atom is -0.476 e. The minimum atomic E-state index is -1.71. The van der Waals surface area contributed by atoms with Crippen molar-refractivity contribution in [2.45, 2.75) is 18.6 Å². The van der Waals surface area contributed by atoms with Crippen LogP contribution in [0.15, 0.2) is 54.9 Å². The van der Waals surface area contributed by atoms with E-state index < -0.39 is 17.5 Å². The molecule has 0 saturated carbocycles. The summed E-state index contributed by atoms with van der Waals surface area (Å²) in [4.78, 5) is 25.6. The summed E-state index contributed by atoms with van der Waals surface area (Å²) in [5.74, 6) is 3.99. The molecule has 2 aromatic heterocycles. The molecule has 0 bridgehead atoms. The van der Waals surface area contributed by atoms with E-state index in [2.05, 4.69) is 22.0 Å². The van der Waals surface area contributed by atoms with Crippen LogP contribution in [0.4, 0.5) is 0 Å². The summed E-state index contributed by atoms with van der Waals surface area (Å²) in [6.45, 7) is 0.764. The van der Waals surface area contributed by atoms with Gasteiger partial charge in [-0.1, -0.05) is 24.0 Å². The van der Waals surface area contributed by atoms with Crippen molar-refractivity contribution >= 4 is 22.8 Å². The van der Waals surface area contributed by atoms with Crippen LogP contribution in [0, 0.1) is 11.8 Å². The standard InChI is InChI=1S/C26H23N5O5/c1-29-10-9-26(36,25(29)35)8-7-17-3-2-4-20(13-17)31-22-6-5-18(14-21(22)23(28-31)24(33)34)19-15-27-30(16-19)11-12-32/h2-6,13-16,32,36H,9-12H2,1H3,(H,33,34). The molecule has 5 rings (SSSR count). The number of amides is 1. The Kier molecular flexibility index (Phi) is 5.80. The third-order valence-corrected chi connectivity index (χ3v) is 6.19. The number of hydrogen-bond donors (Lipinski definition) is 3. The van der Waals surface area contributed by atoms with Crippen LogP contribution in [0.5, 0.6) is 0 Å². The summed E-state index contributed by atoms with van der Waals surface area (Å²) in [5, 5.41) is 38.5. The maximum absolute atomic E-state index is 12.2. The van der Waals surface area contributed by atoms with Crippen molar-refractivity contribution in [1.82, 2.24) is 24.5 Å². The van der Waals surface area contributed by atoms with Crippen LogP contribution in [-0.4, -0.2) is 77.5 Å². The Morgan fingerprint density at radius 3 is 2.75 bits per heavy atom. The van der Waals surface area contributed by atoms with E-state index in [1.807, 2.05) is 6.07 Å². The van der Waals surface area contributed by atoms with Gasteiger partial charge in [0.2, 0.25) is 5.60 Å². The number of carbonyl (C=O) groups excluding carboxylic acids is 1. The highest BCUT2D eigenvalue weighted by atomic mass is 16.4. The molecular formula is C26H23N5O5. The van der Waals surface area contributed by atoms with E-state index in [0.29, 0.717) is 35.2 Å². The number of aliphatic hydroxyl groups excluding tert-OH is 1. The van der Waals surface area contributed by atoms with E-state index in [-0.39, 0.29) is 18.7 Å². The fourth-order valence-corrected chi connectivity index (χ4v) is 4.25. The van der Waals surface area contributed by atoms with E-state index in [4.69, 9.17) is 5.11 Å². The lowest BCUT2D eigenvalue weighted by Gasteiger charge is -2.13. The van der Waals surface area contributed by atoms with Gasteiger partial charge in [-0.2, -0.15) is 10.2 Å². The minimum absolute atomic E-state index is 0.0355. The van der Waals surface area contributed by atoms with Gasteiger partial charge in [0, 0.05) is 42.7 Å². The van der Waals surface area contributed by atoms with Crippen LogP contribution in [0.1, 0.15) is 22.5 Å². The molecule has 4 aromatic rings. The number of nitrogens with zero attached hydrogens (tertiary/aromatic N) is 5. The van der Waals surface area contributed by atoms with Crippen LogP contribution in [-0.2, 0) is 11.3 Å². The Balaban J connectivity index is 1.54. The summed E-state index contributed by atoms with van der Waals surface area (Å²) in [6.07, 6.45) is 3.68. The highest BCUT2D eigenvalue weighted by Crippen LogP contribution is 2.29. The van der Waals surface area contributed by atoms with Gasteiger partial charge < -0.3 is 20.2 Å². The first kappa shape index (κ1) is 23.3. The average molecular weight is 486 g/mol. The second kappa shape index (κ2) is 8.96. The summed E-state index contributed by atoms with van der Waals surface area (Å²) in [5.41, 5.74) is 1.49. The molecule has 0 aliphatic carbocycles. The maximum Gasteiger partial charge on any atom is 0.357 e. The van der Waals surface area contributed by atoms with Crippen molar-refractivity contribution < 1.29 is 24.9 Å². The third-order valence-electron chi connectivity index (χ3n) is 6.19. The van der Waals surface area contributed by atoms with Gasteiger partial charge in [0.15, 0.2) is 5.69 Å². The van der Waals surface area contributed by atoms with Crippen molar-refractivity contribution in [3.63, 3.8) is 0 Å². The Bertz CT molecular complexity index is 1560. The van der Waals surface area contributed by atoms with Crippen LogP contribution in [0.2, 0.25) is 0 Å². The molecule has 10 nitrogen and oxygen atoms in total. The first-order valence-corrected chi connectivity index (χ1v) is 11.3. The van der Waals surface area contributed by atoms with E-state index >= 15 is 0 Å². The lowest BCUT2D eigenvalue weighted by Crippen LogP contribution is -2.37. The van der Waals surface area contributed by atoms with E-state index in [1.54, 1.807) is 60.5 Å². The molecule has 1 unspecified atom stereocenters. The molecule has 10 heteroatoms. The zero-order chi connectivity index (χ0) is 25.4. The fourth-order valence-electron chi connectivity index (χ4n) is 4.25. The van der Waals surface area contributed by atoms with Gasteiger partial charge in [-0.25, -0.2) is 9.48 Å². The van der Waals surface area contributed by atoms with Gasteiger partial charge in [0.25, 0.3) is 5.91 Å². The first-order valence-electron chi connectivity index (χ1n) is 11.3. The van der Waals surface area contributed by atoms with Crippen molar-refractivity contribution in [3.05, 3.63) is 66.1 Å². The second-order valence-corrected chi connectivity index (χ2v) is 8.65. The second-order valence-electron chi connectivity index (χ2n) is 8.65. The lowest BCUT2D eigenvalue weighted by atomic mass is 10.0. The zero-order valence-electron chi connectivity index (χ0n) is 19.4. The molecule has 1 aliphatic heterocycles. The largest absolute Gasteiger partial charge is 0.476 e. The van der Waals surface area contributed by atoms with Crippen molar-refractivity contribution in [1.29, 1.82) is 0 Å². The zero-order valence-corrected chi connectivity index (χ0v) is 19.4. The monoisotopic (exact) mass is 485 g/mol. The smallest absolute Gasteiger partial charge is 0.357 e. The highest BCUT2D eigenvalue weighted by Gasteiger charge is 2.42. The molecule has 3 N–H and O–H groups in total. The lowest BCUT2D eigenvalue weighted by molar-refractivity contribution is -0.137. The molecule has 0 radical (unpaired) electrons. The normalized spacial score (nSPS) is 17.4. The number of likely N-dealkylation sites (N-methyl/N-ethyl adjacent to an activating group) is 1. The number of aromatic carboxylic acids is 1. The number of rotatable bonds is 5. The Morgan fingerprint density at radius 1 is 1.19 bits per heavy atom. The fraction of sp³-hybridized carbons (Fsp3) is 0.231. The SMILES string of the molecule is CN1CCC(O)(C#Cc2cccc(-n3nc(C(=O)O)c4cc(-c5cnn(CCO)c5)ccc43)c2)C1=O. The number of carbonyl (C=O) groups is 2. The summed E-state index contributed by atoms with van der Waals surface area (Å²) < 4.78 is 3.15. The summed E-state index contributed by atoms with van der Waals surface area (Å²) >= 11 is 0. The summed E-state index contributed by atoms with van der Waals surface area (Å²) in [6, 6.07) is 12.4. The molecular weight excluding hydrogens is 462 g/mol. The molecule has 1 atom stereocenters. The van der Waals surface area contributed by atoms with E-state index in [1.165, 1.54) is 9.58 Å². The maximum atomic E-state index is 12.2. The van der Waals surface area contributed by atoms with E-state index in [0.717, 1.165) is 11.1 Å². The number of hydrogen-bond acceptors (Lipinski definition) is 6. The molecule has 2 aromatic carbocycles. The topological polar surface area (TPSA) is 134 Å². The Morgan fingerprint density at radius 2 is 2.03 bits per heavy atom. The van der Waals surface area contributed by atoms with Gasteiger partial charge in [0.05, 0.1) is 30.6 Å². The summed E-state index contributed by atoms with van der Waals surface area (Å²) in [7, 11) is 1.62. The predicted octanol–water partition coefficient (Wildman–Crippen LogP) is 1.52. The van der Waals surface area contributed by atoms with Gasteiger partial charge in [-0.05, 0) is 35.9 Å². The molecule has 1 aliphatic rings. The molecule has 0 spiro atoms. The first-order chi connectivity index (χ1) is 17.3. The number of aromatic nitrogens is 4. The van der Waals surface area contributed by atoms with Crippen LogP contribution in [0.3, 0.4) is 0 Å². The van der Waals surface area contributed by atoms with Crippen molar-refractivity contribution in [2.75, 3.05) is 20.2 Å². The van der Waals surface area contributed by atoms with Crippen molar-refractivity contribution in [2.24, 2.45) is 0 Å². The molecule has 36 heavy (non-hydrogen) atoms. The number of fused-ring (bicyclic) bond motifs is 1. The van der Waals surface area contributed by atoms with Gasteiger partial charge in [-0.15, -0.1) is 0 Å². The van der Waals surface area contributed by atoms with Gasteiger partial charge in [-0.3, -0.25) is 9.48 Å². The highest BCUT2D eigenvalue weighted by molar-refractivity contribution is 6.03. The third kappa shape index (κ3) is 4.11. The Hall–Kier alpha value is -4.46. The van der Waals surface area contributed by atoms with Crippen LogP contribution >= 0.6 is 0 Å². The number of aliphatic hydroxyl groups is 2. The number of carboxylic acid groups (broad SMARTS) is 1. The molecule has 182 valence electrons. The van der Waals surface area contributed by atoms with Crippen LogP contribution < -0.4 is 0 Å².